The van der Waals surface area contributed by atoms with Gasteiger partial charge in [-0.25, -0.2) is 0 Å². The van der Waals surface area contributed by atoms with Crippen LogP contribution in [0.3, 0.4) is 0 Å². The van der Waals surface area contributed by atoms with Crippen LogP contribution in [-0.2, 0) is 25.5 Å². The van der Waals surface area contributed by atoms with E-state index >= 15 is 0 Å². The van der Waals surface area contributed by atoms with E-state index < -0.39 is 17.6 Å². The molecule has 1 aliphatic carbocycles. The molecule has 0 bridgehead atoms. The first-order valence-corrected chi connectivity index (χ1v) is 12.6. The Morgan fingerprint density at radius 3 is 2.73 bits per heavy atom. The predicted molar refractivity (Wildman–Crippen MR) is 121 cm³/mol. The van der Waals surface area contributed by atoms with Gasteiger partial charge in [0.25, 0.3) is 0 Å². The van der Waals surface area contributed by atoms with E-state index in [9.17, 15) is 9.59 Å². The topological polar surface area (TPSA) is 67.9 Å². The maximum absolute atomic E-state index is 13.5. The van der Waals surface area contributed by atoms with Crippen LogP contribution in [0.25, 0.3) is 6.08 Å². The number of nitrogens with zero attached hydrogens (tertiary/aromatic N) is 1. The normalized spacial score (nSPS) is 25.6. The van der Waals surface area contributed by atoms with E-state index in [1.165, 1.54) is 17.3 Å². The van der Waals surface area contributed by atoms with Crippen molar-refractivity contribution in [1.82, 2.24) is 10.2 Å². The molecule has 2 aliphatic heterocycles. The van der Waals surface area contributed by atoms with Crippen molar-refractivity contribution in [2.24, 2.45) is 0 Å². The van der Waals surface area contributed by atoms with E-state index in [0.29, 0.717) is 31.4 Å². The van der Waals surface area contributed by atoms with Crippen LogP contribution >= 0.6 is 23.5 Å². The third-order valence-corrected chi connectivity index (χ3v) is 7.87. The summed E-state index contributed by atoms with van der Waals surface area (Å²) in [6, 6.07) is 7.42. The summed E-state index contributed by atoms with van der Waals surface area (Å²) in [4.78, 5) is 28.6. The lowest BCUT2D eigenvalue weighted by Crippen LogP contribution is -2.55. The lowest BCUT2D eigenvalue weighted by atomic mass is 10.0. The number of carbonyl (C=O) groups is 2. The minimum Gasteiger partial charge on any atom is -0.351 e. The Balaban J connectivity index is 1.48. The number of Topliss-reactive ketones (excluding diaryl/α,β-unsaturated/α-hetero) is 1. The molecule has 162 valence electrons. The zero-order valence-corrected chi connectivity index (χ0v) is 19.0. The summed E-state index contributed by atoms with van der Waals surface area (Å²) in [6.45, 7) is 4.91. The summed E-state index contributed by atoms with van der Waals surface area (Å²) in [5, 5.41) is 2.86. The van der Waals surface area contributed by atoms with Gasteiger partial charge in [-0.05, 0) is 31.1 Å². The Bertz CT molecular complexity index is 825. The molecule has 8 heteroatoms. The van der Waals surface area contributed by atoms with Crippen LogP contribution < -0.4 is 5.32 Å². The quantitative estimate of drug-likeness (QED) is 0.613. The van der Waals surface area contributed by atoms with Crippen molar-refractivity contribution in [3.63, 3.8) is 0 Å². The van der Waals surface area contributed by atoms with Crippen molar-refractivity contribution in [2.45, 2.75) is 43.9 Å². The molecular weight excluding hydrogens is 420 g/mol. The van der Waals surface area contributed by atoms with Gasteiger partial charge in [0.15, 0.2) is 12.1 Å². The molecule has 1 N–H and O–H groups in total. The molecule has 3 aliphatic rings. The number of fused-ring (bicyclic) bond motifs is 1. The van der Waals surface area contributed by atoms with Gasteiger partial charge in [-0.2, -0.15) is 0 Å². The number of thioether (sulfide) groups is 2. The first-order valence-electron chi connectivity index (χ1n) is 10.4. The van der Waals surface area contributed by atoms with Crippen LogP contribution in [0.2, 0.25) is 0 Å². The molecular formula is C22H28N2O4S2. The number of amides is 1. The van der Waals surface area contributed by atoms with Gasteiger partial charge in [0.05, 0.1) is 17.2 Å². The molecule has 4 rings (SSSR count). The highest BCUT2D eigenvalue weighted by Gasteiger charge is 2.45. The SMILES string of the molecule is CCOC(OCC)[C@@H]1CSCN1C(=O)[C@H]1NCSC1C(=O)C1=Cc2ccccc2C1. The molecule has 1 aromatic rings. The fourth-order valence-corrected chi connectivity index (χ4v) is 6.55. The van der Waals surface area contributed by atoms with Crippen molar-refractivity contribution in [3.8, 4) is 0 Å². The molecule has 1 unspecified atom stereocenters. The van der Waals surface area contributed by atoms with Gasteiger partial charge in [0, 0.05) is 36.8 Å². The minimum absolute atomic E-state index is 0.0335. The number of ether oxygens (including phenoxy) is 2. The second-order valence-corrected chi connectivity index (χ2v) is 9.61. The van der Waals surface area contributed by atoms with Crippen molar-refractivity contribution >= 4 is 41.3 Å². The Kier molecular flexibility index (Phi) is 7.20. The minimum atomic E-state index is -0.516. The molecule has 1 aromatic carbocycles. The summed E-state index contributed by atoms with van der Waals surface area (Å²) >= 11 is 3.22. The van der Waals surface area contributed by atoms with Crippen LogP contribution in [0.1, 0.15) is 25.0 Å². The van der Waals surface area contributed by atoms with Crippen molar-refractivity contribution in [1.29, 1.82) is 0 Å². The zero-order valence-electron chi connectivity index (χ0n) is 17.3. The zero-order chi connectivity index (χ0) is 21.1. The average molecular weight is 449 g/mol. The first kappa shape index (κ1) is 21.9. The molecule has 30 heavy (non-hydrogen) atoms. The van der Waals surface area contributed by atoms with Gasteiger partial charge in [0.2, 0.25) is 5.91 Å². The van der Waals surface area contributed by atoms with Gasteiger partial charge in [-0.1, -0.05) is 24.3 Å². The molecule has 2 saturated heterocycles. The summed E-state index contributed by atoms with van der Waals surface area (Å²) in [5.41, 5.74) is 3.07. The number of hydrogen-bond donors (Lipinski definition) is 1. The summed E-state index contributed by atoms with van der Waals surface area (Å²) in [7, 11) is 0. The highest BCUT2D eigenvalue weighted by molar-refractivity contribution is 8.01. The number of allylic oxidation sites excluding steroid dienone is 1. The smallest absolute Gasteiger partial charge is 0.242 e. The van der Waals surface area contributed by atoms with Crippen molar-refractivity contribution in [3.05, 3.63) is 41.0 Å². The second-order valence-electron chi connectivity index (χ2n) is 7.48. The largest absolute Gasteiger partial charge is 0.351 e. The van der Waals surface area contributed by atoms with Crippen LogP contribution in [0.5, 0.6) is 0 Å². The number of benzene rings is 1. The number of hydrogen-bond acceptors (Lipinski definition) is 7. The standard InChI is InChI=1S/C22H28N2O4S2/c1-3-27-22(28-4-2)17-11-29-13-24(17)21(26)18-20(30-12-23-18)19(25)16-9-14-7-5-6-8-15(14)10-16/h5-9,17-18,20,22-23H,3-4,10-13H2,1-2H3/t17-,18-,20?/m0/s1. The highest BCUT2D eigenvalue weighted by atomic mass is 32.2. The van der Waals surface area contributed by atoms with Crippen molar-refractivity contribution in [2.75, 3.05) is 30.7 Å². The molecule has 0 saturated carbocycles. The summed E-state index contributed by atoms with van der Waals surface area (Å²) in [5.74, 6) is 2.00. The van der Waals surface area contributed by atoms with E-state index in [4.69, 9.17) is 9.47 Å². The molecule has 2 fully saturated rings. The van der Waals surface area contributed by atoms with Crippen LogP contribution in [0, 0.1) is 0 Å². The maximum Gasteiger partial charge on any atom is 0.242 e. The lowest BCUT2D eigenvalue weighted by molar-refractivity contribution is -0.173. The van der Waals surface area contributed by atoms with Gasteiger partial charge < -0.3 is 14.4 Å². The van der Waals surface area contributed by atoms with Gasteiger partial charge in [-0.3, -0.25) is 14.9 Å². The molecule has 2 heterocycles. The highest BCUT2D eigenvalue weighted by Crippen LogP contribution is 2.33. The van der Waals surface area contributed by atoms with Crippen LogP contribution in [0.15, 0.2) is 29.8 Å². The molecule has 0 radical (unpaired) electrons. The van der Waals surface area contributed by atoms with Crippen molar-refractivity contribution < 1.29 is 19.1 Å². The van der Waals surface area contributed by atoms with Crippen LogP contribution in [0.4, 0.5) is 0 Å². The fraction of sp³-hybridized carbons (Fsp3) is 0.545. The molecule has 3 atom stereocenters. The van der Waals surface area contributed by atoms with E-state index in [1.807, 2.05) is 43.0 Å². The number of rotatable bonds is 8. The number of nitrogens with one attached hydrogen (secondary N) is 1. The third kappa shape index (κ3) is 4.34. The monoisotopic (exact) mass is 448 g/mol. The molecule has 0 aromatic heterocycles. The van der Waals surface area contributed by atoms with E-state index in [0.717, 1.165) is 16.9 Å². The maximum atomic E-state index is 13.5. The molecule has 1 amide bonds. The van der Waals surface area contributed by atoms with Crippen LogP contribution in [-0.4, -0.2) is 70.9 Å². The molecule has 6 nitrogen and oxygen atoms in total. The molecule has 0 spiro atoms. The van der Waals surface area contributed by atoms with Gasteiger partial charge in [-0.15, -0.1) is 23.5 Å². The van der Waals surface area contributed by atoms with E-state index in [2.05, 4.69) is 11.4 Å². The Hall–Kier alpha value is -1.32. The number of carbonyl (C=O) groups excluding carboxylic acids is 2. The van der Waals surface area contributed by atoms with E-state index in [1.54, 1.807) is 11.8 Å². The fourth-order valence-electron chi connectivity index (χ4n) is 4.18. The Morgan fingerprint density at radius 2 is 2.00 bits per heavy atom. The van der Waals surface area contributed by atoms with Gasteiger partial charge in [0.1, 0.15) is 6.04 Å². The Morgan fingerprint density at radius 1 is 1.23 bits per heavy atom. The lowest BCUT2D eigenvalue weighted by Gasteiger charge is -2.32. The van der Waals surface area contributed by atoms with Gasteiger partial charge >= 0.3 is 0 Å². The predicted octanol–water partition coefficient (Wildman–Crippen LogP) is 2.53. The average Bonchev–Trinajstić information content (AvgIpc) is 3.51. The number of ketones is 1. The Labute approximate surface area is 186 Å². The van der Waals surface area contributed by atoms with E-state index in [-0.39, 0.29) is 17.7 Å². The summed E-state index contributed by atoms with van der Waals surface area (Å²) in [6.07, 6.45) is 2.19. The summed E-state index contributed by atoms with van der Waals surface area (Å²) < 4.78 is 11.5. The third-order valence-electron chi connectivity index (χ3n) is 5.65. The second kappa shape index (κ2) is 9.87. The first-order chi connectivity index (χ1) is 14.6.